The molecule has 3 rings (SSSR count). The first-order chi connectivity index (χ1) is 7.83. The van der Waals surface area contributed by atoms with Gasteiger partial charge in [0.2, 0.25) is 0 Å². The van der Waals surface area contributed by atoms with Crippen molar-refractivity contribution in [3.05, 3.63) is 28.8 Å². The quantitative estimate of drug-likeness (QED) is 0.852. The van der Waals surface area contributed by atoms with Crippen molar-refractivity contribution in [2.45, 2.75) is 32.4 Å². The van der Waals surface area contributed by atoms with Crippen molar-refractivity contribution < 1.29 is 0 Å². The fourth-order valence-corrected chi connectivity index (χ4v) is 2.67. The van der Waals surface area contributed by atoms with Crippen LogP contribution in [-0.4, -0.2) is 16.2 Å². The van der Waals surface area contributed by atoms with Gasteiger partial charge in [0, 0.05) is 23.0 Å². The molecule has 0 spiro atoms. The zero-order valence-electron chi connectivity index (χ0n) is 9.29. The molecule has 1 aliphatic rings. The van der Waals surface area contributed by atoms with Gasteiger partial charge >= 0.3 is 0 Å². The predicted octanol–water partition coefficient (Wildman–Crippen LogP) is 2.70. The Morgan fingerprint density at radius 3 is 3.06 bits per heavy atom. The summed E-state index contributed by atoms with van der Waals surface area (Å²) in [6, 6.07) is 5.06. The van der Waals surface area contributed by atoms with Crippen LogP contribution in [0.4, 0.5) is 0 Å². The standard InChI is InChI=1S/C12H15N3S/c1-8-2-5-11(16-8)12-9(7-14-15-12)6-13-10-3-4-10/h2,5,7,10,13H,3-4,6H2,1H3,(H,14,15). The minimum absolute atomic E-state index is 0.743. The lowest BCUT2D eigenvalue weighted by atomic mass is 10.2. The number of nitrogens with one attached hydrogen (secondary N) is 2. The van der Waals surface area contributed by atoms with Gasteiger partial charge < -0.3 is 5.32 Å². The van der Waals surface area contributed by atoms with E-state index < -0.39 is 0 Å². The van der Waals surface area contributed by atoms with E-state index in [1.54, 1.807) is 0 Å². The Bertz CT molecular complexity index is 482. The van der Waals surface area contributed by atoms with Crippen molar-refractivity contribution in [2.75, 3.05) is 0 Å². The van der Waals surface area contributed by atoms with Gasteiger partial charge in [-0.3, -0.25) is 5.10 Å². The maximum absolute atomic E-state index is 4.15. The van der Waals surface area contributed by atoms with Gasteiger partial charge in [0.1, 0.15) is 0 Å². The highest BCUT2D eigenvalue weighted by Crippen LogP contribution is 2.29. The molecule has 0 aliphatic heterocycles. The van der Waals surface area contributed by atoms with Gasteiger partial charge in [-0.05, 0) is 31.9 Å². The monoisotopic (exact) mass is 233 g/mol. The van der Waals surface area contributed by atoms with Crippen molar-refractivity contribution in [3.8, 4) is 10.6 Å². The molecular weight excluding hydrogens is 218 g/mol. The Balaban J connectivity index is 1.80. The molecule has 0 amide bonds. The zero-order chi connectivity index (χ0) is 11.0. The summed E-state index contributed by atoms with van der Waals surface area (Å²) in [5, 5.41) is 10.8. The minimum Gasteiger partial charge on any atom is -0.310 e. The van der Waals surface area contributed by atoms with E-state index in [9.17, 15) is 0 Å². The molecule has 0 atom stereocenters. The highest BCUT2D eigenvalue weighted by molar-refractivity contribution is 7.15. The number of aromatic amines is 1. The first-order valence-electron chi connectivity index (χ1n) is 5.65. The SMILES string of the molecule is Cc1ccc(-c2[nH]ncc2CNC2CC2)s1. The third-order valence-corrected chi connectivity index (χ3v) is 3.88. The van der Waals surface area contributed by atoms with Gasteiger partial charge in [-0.25, -0.2) is 0 Å². The van der Waals surface area contributed by atoms with Crippen molar-refractivity contribution in [1.82, 2.24) is 15.5 Å². The maximum atomic E-state index is 4.15. The summed E-state index contributed by atoms with van der Waals surface area (Å²) in [5.74, 6) is 0. The number of aromatic nitrogens is 2. The number of H-pyrrole nitrogens is 1. The number of nitrogens with zero attached hydrogens (tertiary/aromatic N) is 1. The van der Waals surface area contributed by atoms with E-state index in [1.807, 2.05) is 17.5 Å². The zero-order valence-corrected chi connectivity index (χ0v) is 10.1. The second-order valence-corrected chi connectivity index (χ2v) is 5.62. The molecule has 0 bridgehead atoms. The fraction of sp³-hybridized carbons (Fsp3) is 0.417. The first kappa shape index (κ1) is 10.1. The van der Waals surface area contributed by atoms with E-state index in [2.05, 4.69) is 34.6 Å². The summed E-state index contributed by atoms with van der Waals surface area (Å²) in [7, 11) is 0. The van der Waals surface area contributed by atoms with Gasteiger partial charge in [0.15, 0.2) is 0 Å². The van der Waals surface area contributed by atoms with Crippen molar-refractivity contribution in [2.24, 2.45) is 0 Å². The van der Waals surface area contributed by atoms with Gasteiger partial charge in [-0.1, -0.05) is 0 Å². The number of aryl methyl sites for hydroxylation is 1. The predicted molar refractivity (Wildman–Crippen MR) is 66.5 cm³/mol. The van der Waals surface area contributed by atoms with E-state index in [0.29, 0.717) is 0 Å². The minimum atomic E-state index is 0.743. The average Bonchev–Trinajstić information content (AvgIpc) is 2.82. The molecule has 84 valence electrons. The van der Waals surface area contributed by atoms with Crippen LogP contribution in [0.5, 0.6) is 0 Å². The Kier molecular flexibility index (Phi) is 2.53. The van der Waals surface area contributed by atoms with Crippen LogP contribution in [0.15, 0.2) is 18.3 Å². The molecule has 0 aromatic carbocycles. The maximum Gasteiger partial charge on any atom is 0.0794 e. The summed E-state index contributed by atoms with van der Waals surface area (Å²) in [6.07, 6.45) is 4.58. The van der Waals surface area contributed by atoms with Crippen LogP contribution in [0.1, 0.15) is 23.3 Å². The Morgan fingerprint density at radius 2 is 2.38 bits per heavy atom. The molecule has 0 saturated heterocycles. The van der Waals surface area contributed by atoms with Crippen LogP contribution in [0.3, 0.4) is 0 Å². The normalized spacial score (nSPS) is 15.6. The molecule has 3 nitrogen and oxygen atoms in total. The summed E-state index contributed by atoms with van der Waals surface area (Å²) in [6.45, 7) is 3.06. The molecular formula is C12H15N3S. The van der Waals surface area contributed by atoms with Crippen molar-refractivity contribution in [3.63, 3.8) is 0 Å². The van der Waals surface area contributed by atoms with Gasteiger partial charge in [-0.2, -0.15) is 5.10 Å². The fourth-order valence-electron chi connectivity index (χ4n) is 1.77. The number of hydrogen-bond acceptors (Lipinski definition) is 3. The molecule has 1 saturated carbocycles. The van der Waals surface area contributed by atoms with Crippen LogP contribution < -0.4 is 5.32 Å². The largest absolute Gasteiger partial charge is 0.310 e. The molecule has 2 heterocycles. The summed E-state index contributed by atoms with van der Waals surface area (Å²) in [4.78, 5) is 2.62. The average molecular weight is 233 g/mol. The van der Waals surface area contributed by atoms with E-state index >= 15 is 0 Å². The third kappa shape index (κ3) is 2.03. The van der Waals surface area contributed by atoms with Crippen LogP contribution in [0.25, 0.3) is 10.6 Å². The van der Waals surface area contributed by atoms with Crippen LogP contribution in [-0.2, 0) is 6.54 Å². The lowest BCUT2D eigenvalue weighted by molar-refractivity contribution is 0.689. The highest BCUT2D eigenvalue weighted by atomic mass is 32.1. The lowest BCUT2D eigenvalue weighted by Gasteiger charge is -2.02. The van der Waals surface area contributed by atoms with Crippen LogP contribution in [0.2, 0.25) is 0 Å². The Labute approximate surface area is 98.9 Å². The van der Waals surface area contributed by atoms with E-state index in [0.717, 1.165) is 12.6 Å². The molecule has 0 radical (unpaired) electrons. The van der Waals surface area contributed by atoms with Gasteiger partial charge in [0.25, 0.3) is 0 Å². The number of hydrogen-bond donors (Lipinski definition) is 2. The van der Waals surface area contributed by atoms with Gasteiger partial charge in [-0.15, -0.1) is 11.3 Å². The topological polar surface area (TPSA) is 40.7 Å². The molecule has 16 heavy (non-hydrogen) atoms. The van der Waals surface area contributed by atoms with E-state index in [-0.39, 0.29) is 0 Å². The summed E-state index contributed by atoms with van der Waals surface area (Å²) < 4.78 is 0. The van der Waals surface area contributed by atoms with Gasteiger partial charge in [0.05, 0.1) is 16.8 Å². The van der Waals surface area contributed by atoms with E-state index in [4.69, 9.17) is 0 Å². The Hall–Kier alpha value is -1.13. The molecule has 1 aliphatic carbocycles. The highest BCUT2D eigenvalue weighted by Gasteiger charge is 2.21. The molecule has 4 heteroatoms. The van der Waals surface area contributed by atoms with Crippen molar-refractivity contribution >= 4 is 11.3 Å². The number of rotatable bonds is 4. The lowest BCUT2D eigenvalue weighted by Crippen LogP contribution is -2.15. The van der Waals surface area contributed by atoms with Crippen LogP contribution >= 0.6 is 11.3 Å². The molecule has 2 aromatic heterocycles. The number of thiophene rings is 1. The molecule has 0 unspecified atom stereocenters. The molecule has 2 N–H and O–H groups in total. The second kappa shape index (κ2) is 4.03. The molecule has 2 aromatic rings. The smallest absolute Gasteiger partial charge is 0.0794 e. The Morgan fingerprint density at radius 1 is 1.50 bits per heavy atom. The first-order valence-corrected chi connectivity index (χ1v) is 6.47. The van der Waals surface area contributed by atoms with E-state index in [1.165, 1.54) is 33.9 Å². The van der Waals surface area contributed by atoms with Crippen LogP contribution in [0, 0.1) is 6.92 Å². The second-order valence-electron chi connectivity index (χ2n) is 4.34. The summed E-state index contributed by atoms with van der Waals surface area (Å²) in [5.41, 5.74) is 2.44. The summed E-state index contributed by atoms with van der Waals surface area (Å²) >= 11 is 1.81. The molecule has 1 fully saturated rings. The van der Waals surface area contributed by atoms with Crippen molar-refractivity contribution in [1.29, 1.82) is 0 Å². The third-order valence-electron chi connectivity index (χ3n) is 2.86.